The number of hydrogen-bond donors (Lipinski definition) is 2. The fraction of sp³-hybridized carbons (Fsp3) is 0.800. The number of aliphatic carboxylic acids is 1. The molecule has 1 aliphatic heterocycles. The number of aliphatic hydroxyl groups is 1. The van der Waals surface area contributed by atoms with Crippen molar-refractivity contribution in [3.63, 3.8) is 0 Å². The summed E-state index contributed by atoms with van der Waals surface area (Å²) in [6.07, 6.45) is -1.46. The highest BCUT2D eigenvalue weighted by molar-refractivity contribution is 5.81. The Bertz CT molecular complexity index is 296. The van der Waals surface area contributed by atoms with Crippen LogP contribution in [0, 0.1) is 0 Å². The van der Waals surface area contributed by atoms with E-state index in [4.69, 9.17) is 9.84 Å². The van der Waals surface area contributed by atoms with Gasteiger partial charge < -0.3 is 14.9 Å². The number of hydrogen-bond acceptors (Lipinski definition) is 4. The van der Waals surface area contributed by atoms with Crippen molar-refractivity contribution in [1.29, 1.82) is 0 Å². The van der Waals surface area contributed by atoms with Gasteiger partial charge in [-0.05, 0) is 27.2 Å². The largest absolute Gasteiger partial charge is 0.480 e. The van der Waals surface area contributed by atoms with Gasteiger partial charge in [-0.25, -0.2) is 9.59 Å². The number of carbonyl (C=O) groups is 2. The van der Waals surface area contributed by atoms with Gasteiger partial charge in [0.2, 0.25) is 0 Å². The molecular formula is C10H17NO5. The molecule has 6 nitrogen and oxygen atoms in total. The van der Waals surface area contributed by atoms with Gasteiger partial charge in [-0.3, -0.25) is 4.90 Å². The highest BCUT2D eigenvalue weighted by atomic mass is 16.6. The van der Waals surface area contributed by atoms with E-state index in [9.17, 15) is 14.7 Å². The summed E-state index contributed by atoms with van der Waals surface area (Å²) >= 11 is 0. The third-order valence-electron chi connectivity index (χ3n) is 2.25. The van der Waals surface area contributed by atoms with Crippen LogP contribution in [0.4, 0.5) is 4.79 Å². The monoisotopic (exact) mass is 231 g/mol. The van der Waals surface area contributed by atoms with Crippen LogP contribution >= 0.6 is 0 Å². The van der Waals surface area contributed by atoms with E-state index in [-0.39, 0.29) is 13.0 Å². The van der Waals surface area contributed by atoms with E-state index >= 15 is 0 Å². The molecular weight excluding hydrogens is 214 g/mol. The first-order valence-electron chi connectivity index (χ1n) is 5.13. The summed E-state index contributed by atoms with van der Waals surface area (Å²) in [5, 5.41) is 18.3. The molecule has 1 fully saturated rings. The topological polar surface area (TPSA) is 87.1 Å². The third-order valence-corrected chi connectivity index (χ3v) is 2.25. The summed E-state index contributed by atoms with van der Waals surface area (Å²) < 4.78 is 5.06. The molecule has 16 heavy (non-hydrogen) atoms. The van der Waals surface area contributed by atoms with Crippen LogP contribution < -0.4 is 0 Å². The summed E-state index contributed by atoms with van der Waals surface area (Å²) in [6, 6.07) is -1.20. The second kappa shape index (κ2) is 4.29. The Morgan fingerprint density at radius 3 is 2.38 bits per heavy atom. The van der Waals surface area contributed by atoms with Gasteiger partial charge in [0.15, 0.2) is 6.04 Å². The van der Waals surface area contributed by atoms with Gasteiger partial charge in [-0.2, -0.15) is 0 Å². The number of amides is 1. The Balaban J connectivity index is 2.73. The number of likely N-dealkylation sites (tertiary alicyclic amines) is 1. The molecule has 0 aromatic carbocycles. The van der Waals surface area contributed by atoms with Crippen molar-refractivity contribution in [2.45, 2.75) is 44.9 Å². The lowest BCUT2D eigenvalue weighted by molar-refractivity contribution is -0.144. The Hall–Kier alpha value is -1.30. The maximum atomic E-state index is 11.7. The standard InChI is InChI=1S/C10H17NO5/c1-10(2,3)16-9(15)11-5-4-6(12)7(11)8(13)14/h6-7,12H,4-5H2,1-3H3,(H,13,14)/t6?,7-/m1/s1. The molecule has 1 saturated heterocycles. The highest BCUT2D eigenvalue weighted by Crippen LogP contribution is 2.21. The maximum absolute atomic E-state index is 11.7. The molecule has 0 aliphatic carbocycles. The molecule has 1 aliphatic rings. The molecule has 0 aromatic rings. The molecule has 2 atom stereocenters. The number of carboxylic acid groups (broad SMARTS) is 1. The van der Waals surface area contributed by atoms with Gasteiger partial charge in [0.05, 0.1) is 6.10 Å². The maximum Gasteiger partial charge on any atom is 0.411 e. The SMILES string of the molecule is CC(C)(C)OC(=O)N1CCC(O)[C@@H]1C(=O)O. The molecule has 0 bridgehead atoms. The molecule has 0 radical (unpaired) electrons. The van der Waals surface area contributed by atoms with Crippen molar-refractivity contribution < 1.29 is 24.5 Å². The van der Waals surface area contributed by atoms with Gasteiger partial charge in [-0.15, -0.1) is 0 Å². The molecule has 1 heterocycles. The summed E-state index contributed by atoms with van der Waals surface area (Å²) in [5.41, 5.74) is -0.673. The molecule has 92 valence electrons. The van der Waals surface area contributed by atoms with Crippen LogP contribution in [-0.4, -0.2) is 51.5 Å². The average molecular weight is 231 g/mol. The lowest BCUT2D eigenvalue weighted by Crippen LogP contribution is -2.46. The van der Waals surface area contributed by atoms with Crippen LogP contribution in [0.1, 0.15) is 27.2 Å². The summed E-state index contributed by atoms with van der Waals surface area (Å²) in [4.78, 5) is 23.6. The second-order valence-corrected chi connectivity index (χ2v) is 4.81. The van der Waals surface area contributed by atoms with E-state index in [1.165, 1.54) is 0 Å². The quantitative estimate of drug-likeness (QED) is 0.683. The zero-order valence-electron chi connectivity index (χ0n) is 9.64. The number of nitrogens with zero attached hydrogens (tertiary/aromatic N) is 1. The molecule has 0 aromatic heterocycles. The molecule has 6 heteroatoms. The number of ether oxygens (including phenoxy) is 1. The van der Waals surface area contributed by atoms with E-state index in [0.717, 1.165) is 4.90 Å². The zero-order chi connectivity index (χ0) is 12.5. The average Bonchev–Trinajstić information content (AvgIpc) is 2.43. The first kappa shape index (κ1) is 12.8. The molecule has 1 unspecified atom stereocenters. The second-order valence-electron chi connectivity index (χ2n) is 4.81. The predicted octanol–water partition coefficient (Wildman–Crippen LogP) is 0.441. The minimum atomic E-state index is -1.21. The predicted molar refractivity (Wildman–Crippen MR) is 55.0 cm³/mol. The zero-order valence-corrected chi connectivity index (χ0v) is 9.64. The van der Waals surface area contributed by atoms with Crippen LogP contribution in [0.15, 0.2) is 0 Å². The number of carbonyl (C=O) groups excluding carboxylic acids is 1. The van der Waals surface area contributed by atoms with Crippen LogP contribution in [0.25, 0.3) is 0 Å². The van der Waals surface area contributed by atoms with E-state index in [2.05, 4.69) is 0 Å². The fourth-order valence-corrected chi connectivity index (χ4v) is 1.60. The van der Waals surface area contributed by atoms with E-state index in [1.807, 2.05) is 0 Å². The minimum Gasteiger partial charge on any atom is -0.480 e. The van der Waals surface area contributed by atoms with Crippen LogP contribution in [0.5, 0.6) is 0 Å². The van der Waals surface area contributed by atoms with Crippen LogP contribution in [0.2, 0.25) is 0 Å². The molecule has 2 N–H and O–H groups in total. The van der Waals surface area contributed by atoms with Gasteiger partial charge in [0.1, 0.15) is 5.60 Å². The lowest BCUT2D eigenvalue weighted by atomic mass is 10.2. The Morgan fingerprint density at radius 1 is 1.38 bits per heavy atom. The van der Waals surface area contributed by atoms with Crippen molar-refractivity contribution in [3.05, 3.63) is 0 Å². The summed E-state index contributed by atoms with van der Waals surface area (Å²) in [5.74, 6) is -1.21. The van der Waals surface area contributed by atoms with Crippen LogP contribution in [-0.2, 0) is 9.53 Å². The van der Waals surface area contributed by atoms with Crippen LogP contribution in [0.3, 0.4) is 0 Å². The van der Waals surface area contributed by atoms with Crippen molar-refractivity contribution in [2.24, 2.45) is 0 Å². The Morgan fingerprint density at radius 2 is 1.94 bits per heavy atom. The number of carboxylic acids is 1. The lowest BCUT2D eigenvalue weighted by Gasteiger charge is -2.27. The minimum absolute atomic E-state index is 0.201. The van der Waals surface area contributed by atoms with Crippen molar-refractivity contribution >= 4 is 12.1 Å². The molecule has 0 saturated carbocycles. The normalized spacial score (nSPS) is 25.6. The third kappa shape index (κ3) is 2.85. The van der Waals surface area contributed by atoms with Gasteiger partial charge in [0, 0.05) is 6.54 Å². The van der Waals surface area contributed by atoms with Gasteiger partial charge >= 0.3 is 12.1 Å². The highest BCUT2D eigenvalue weighted by Gasteiger charge is 2.42. The first-order chi connectivity index (χ1) is 7.22. The van der Waals surface area contributed by atoms with E-state index < -0.39 is 29.8 Å². The number of rotatable bonds is 1. The smallest absolute Gasteiger partial charge is 0.411 e. The van der Waals surface area contributed by atoms with Crippen molar-refractivity contribution in [2.75, 3.05) is 6.54 Å². The number of aliphatic hydroxyl groups excluding tert-OH is 1. The van der Waals surface area contributed by atoms with E-state index in [0.29, 0.717) is 0 Å². The van der Waals surface area contributed by atoms with Gasteiger partial charge in [-0.1, -0.05) is 0 Å². The Kier molecular flexibility index (Phi) is 3.42. The molecule has 1 amide bonds. The van der Waals surface area contributed by atoms with Gasteiger partial charge in [0.25, 0.3) is 0 Å². The molecule has 0 spiro atoms. The molecule has 1 rings (SSSR count). The van der Waals surface area contributed by atoms with E-state index in [1.54, 1.807) is 20.8 Å². The van der Waals surface area contributed by atoms with Crippen molar-refractivity contribution in [3.8, 4) is 0 Å². The Labute approximate surface area is 93.8 Å². The summed E-state index contributed by atoms with van der Waals surface area (Å²) in [6.45, 7) is 5.31. The fourth-order valence-electron chi connectivity index (χ4n) is 1.60. The van der Waals surface area contributed by atoms with Crippen molar-refractivity contribution in [1.82, 2.24) is 4.90 Å². The summed E-state index contributed by atoms with van der Waals surface area (Å²) in [7, 11) is 0. The first-order valence-corrected chi connectivity index (χ1v) is 5.13.